The van der Waals surface area contributed by atoms with Crippen LogP contribution in [0.15, 0.2) is 66.1 Å². The highest BCUT2D eigenvalue weighted by Gasteiger charge is 2.39. The number of Topliss-reactive ketones (excluding diaryl/α,β-unsaturated/α-hetero) is 1. The first-order valence-corrected chi connectivity index (χ1v) is 9.78. The molecule has 1 aromatic heterocycles. The number of aryl methyl sites for hydroxylation is 1. The zero-order chi connectivity index (χ0) is 20.0. The molecule has 3 aromatic rings. The van der Waals surface area contributed by atoms with Gasteiger partial charge in [-0.3, -0.25) is 4.79 Å². The van der Waals surface area contributed by atoms with Gasteiger partial charge in [-0.2, -0.15) is 10.1 Å². The van der Waals surface area contributed by atoms with Crippen molar-refractivity contribution in [2.75, 3.05) is 12.4 Å². The number of aromatic nitrogens is 3. The predicted molar refractivity (Wildman–Crippen MR) is 110 cm³/mol. The number of nitrogens with zero attached hydrogens (tertiary/aromatic N) is 3. The summed E-state index contributed by atoms with van der Waals surface area (Å²) >= 11 is 0. The van der Waals surface area contributed by atoms with Crippen molar-refractivity contribution in [2.45, 2.75) is 31.7 Å². The SMILES string of the molecule is COc1ccc([C@@H]2CC(=O)C3=C(C2)Nc2ncnn2[C@@H]3c2ccccc2C)cc1. The Kier molecular flexibility index (Phi) is 4.19. The van der Waals surface area contributed by atoms with Gasteiger partial charge in [0.25, 0.3) is 0 Å². The minimum Gasteiger partial charge on any atom is -0.497 e. The fraction of sp³-hybridized carbons (Fsp3) is 0.261. The van der Waals surface area contributed by atoms with Gasteiger partial charge in [0.1, 0.15) is 18.1 Å². The van der Waals surface area contributed by atoms with Gasteiger partial charge in [-0.15, -0.1) is 0 Å². The van der Waals surface area contributed by atoms with Crippen molar-refractivity contribution in [3.8, 4) is 5.75 Å². The van der Waals surface area contributed by atoms with E-state index in [1.54, 1.807) is 7.11 Å². The van der Waals surface area contributed by atoms with Gasteiger partial charge >= 0.3 is 0 Å². The highest BCUT2D eigenvalue weighted by molar-refractivity contribution is 6.00. The largest absolute Gasteiger partial charge is 0.497 e. The van der Waals surface area contributed by atoms with E-state index in [4.69, 9.17) is 4.74 Å². The Bertz CT molecular complexity index is 1110. The second-order valence-corrected chi connectivity index (χ2v) is 7.61. The predicted octanol–water partition coefficient (Wildman–Crippen LogP) is 4.01. The molecule has 2 atom stereocenters. The number of carbonyl (C=O) groups is 1. The third kappa shape index (κ3) is 2.92. The van der Waals surface area contributed by atoms with Crippen LogP contribution in [0, 0.1) is 6.92 Å². The summed E-state index contributed by atoms with van der Waals surface area (Å²) in [7, 11) is 1.66. The van der Waals surface area contributed by atoms with Gasteiger partial charge < -0.3 is 10.1 Å². The van der Waals surface area contributed by atoms with Crippen molar-refractivity contribution in [2.24, 2.45) is 0 Å². The van der Waals surface area contributed by atoms with Gasteiger partial charge in [-0.05, 0) is 48.1 Å². The van der Waals surface area contributed by atoms with Gasteiger partial charge in [0.05, 0.1) is 7.11 Å². The molecule has 146 valence electrons. The molecule has 0 saturated heterocycles. The molecule has 1 aliphatic heterocycles. The molecule has 6 heteroatoms. The second kappa shape index (κ2) is 6.88. The van der Waals surface area contributed by atoms with Crippen molar-refractivity contribution in [1.29, 1.82) is 0 Å². The highest BCUT2D eigenvalue weighted by Crippen LogP contribution is 2.44. The Morgan fingerprint density at radius 1 is 1.10 bits per heavy atom. The maximum Gasteiger partial charge on any atom is 0.226 e. The molecule has 0 bridgehead atoms. The number of ketones is 1. The zero-order valence-corrected chi connectivity index (χ0v) is 16.4. The van der Waals surface area contributed by atoms with Crippen LogP contribution in [0.5, 0.6) is 5.75 Å². The van der Waals surface area contributed by atoms with Gasteiger partial charge in [0, 0.05) is 17.7 Å². The molecule has 6 nitrogen and oxygen atoms in total. The topological polar surface area (TPSA) is 69.0 Å². The van der Waals surface area contributed by atoms with Crippen LogP contribution in [0.3, 0.4) is 0 Å². The number of rotatable bonds is 3. The van der Waals surface area contributed by atoms with E-state index in [0.717, 1.165) is 40.1 Å². The van der Waals surface area contributed by atoms with E-state index < -0.39 is 0 Å². The molecule has 2 aliphatic rings. The molecule has 0 radical (unpaired) electrons. The van der Waals surface area contributed by atoms with Crippen LogP contribution < -0.4 is 10.1 Å². The van der Waals surface area contributed by atoms with Crippen LogP contribution in [0.4, 0.5) is 5.95 Å². The quantitative estimate of drug-likeness (QED) is 0.737. The van der Waals surface area contributed by atoms with Crippen molar-refractivity contribution in [3.05, 3.63) is 82.8 Å². The Morgan fingerprint density at radius 2 is 1.90 bits per heavy atom. The minimum absolute atomic E-state index is 0.131. The van der Waals surface area contributed by atoms with Gasteiger partial charge in [-0.1, -0.05) is 36.4 Å². The molecular formula is C23H22N4O2. The van der Waals surface area contributed by atoms with E-state index in [0.29, 0.717) is 12.4 Å². The van der Waals surface area contributed by atoms with Gasteiger partial charge in [0.2, 0.25) is 5.95 Å². The number of hydrogen-bond donors (Lipinski definition) is 1. The van der Waals surface area contributed by atoms with E-state index in [2.05, 4.69) is 34.5 Å². The van der Waals surface area contributed by atoms with E-state index in [1.807, 2.05) is 41.1 Å². The number of nitrogens with one attached hydrogen (secondary N) is 1. The lowest BCUT2D eigenvalue weighted by molar-refractivity contribution is -0.116. The molecule has 0 unspecified atom stereocenters. The van der Waals surface area contributed by atoms with E-state index in [-0.39, 0.29) is 17.7 Å². The van der Waals surface area contributed by atoms with Crippen molar-refractivity contribution in [1.82, 2.24) is 14.8 Å². The van der Waals surface area contributed by atoms with Crippen molar-refractivity contribution < 1.29 is 9.53 Å². The molecular weight excluding hydrogens is 364 g/mol. The van der Waals surface area contributed by atoms with E-state index in [1.165, 1.54) is 6.33 Å². The van der Waals surface area contributed by atoms with Crippen molar-refractivity contribution in [3.63, 3.8) is 0 Å². The van der Waals surface area contributed by atoms with Crippen LogP contribution in [-0.2, 0) is 4.79 Å². The summed E-state index contributed by atoms with van der Waals surface area (Å²) in [6.07, 6.45) is 2.79. The Hall–Kier alpha value is -3.41. The van der Waals surface area contributed by atoms with Gasteiger partial charge in [-0.25, -0.2) is 4.68 Å². The number of anilines is 1. The molecule has 0 spiro atoms. The van der Waals surface area contributed by atoms with Crippen LogP contribution >= 0.6 is 0 Å². The maximum atomic E-state index is 13.4. The lowest BCUT2D eigenvalue weighted by Gasteiger charge is -2.35. The van der Waals surface area contributed by atoms with Crippen LogP contribution in [0.2, 0.25) is 0 Å². The van der Waals surface area contributed by atoms with Gasteiger partial charge in [0.15, 0.2) is 5.78 Å². The first-order chi connectivity index (χ1) is 14.2. The number of benzene rings is 2. The molecule has 29 heavy (non-hydrogen) atoms. The maximum absolute atomic E-state index is 13.4. The monoisotopic (exact) mass is 386 g/mol. The molecule has 2 aromatic carbocycles. The lowest BCUT2D eigenvalue weighted by Crippen LogP contribution is -2.33. The number of fused-ring (bicyclic) bond motifs is 1. The van der Waals surface area contributed by atoms with E-state index in [9.17, 15) is 4.79 Å². The summed E-state index contributed by atoms with van der Waals surface area (Å²) in [5.41, 5.74) is 5.13. The zero-order valence-electron chi connectivity index (χ0n) is 16.4. The molecule has 1 N–H and O–H groups in total. The Labute approximate surface area is 169 Å². The fourth-order valence-electron chi connectivity index (χ4n) is 4.44. The standard InChI is InChI=1S/C23H22N4O2/c1-14-5-3-4-6-18(14)22-21-19(26-23-24-13-25-27(22)23)11-16(12-20(21)28)15-7-9-17(29-2)10-8-15/h3-10,13,16,22H,11-12H2,1-2H3,(H,24,25,26)/t16-,22+/m0/s1. The third-order valence-electron chi connectivity index (χ3n) is 5.93. The Balaban J connectivity index is 1.57. The molecule has 1 aliphatic carbocycles. The summed E-state index contributed by atoms with van der Waals surface area (Å²) in [6, 6.07) is 15.9. The molecule has 0 fully saturated rings. The van der Waals surface area contributed by atoms with Crippen LogP contribution in [0.25, 0.3) is 0 Å². The minimum atomic E-state index is -0.241. The van der Waals surface area contributed by atoms with Crippen molar-refractivity contribution >= 4 is 11.7 Å². The summed E-state index contributed by atoms with van der Waals surface area (Å²) in [4.78, 5) is 17.8. The molecule has 5 rings (SSSR count). The Morgan fingerprint density at radius 3 is 2.66 bits per heavy atom. The molecule has 2 heterocycles. The number of ether oxygens (including phenoxy) is 1. The number of hydrogen-bond acceptors (Lipinski definition) is 5. The molecule has 0 saturated carbocycles. The average molecular weight is 386 g/mol. The summed E-state index contributed by atoms with van der Waals surface area (Å²) < 4.78 is 7.09. The molecule has 0 amide bonds. The number of carbonyl (C=O) groups excluding carboxylic acids is 1. The number of methoxy groups -OCH3 is 1. The summed E-state index contributed by atoms with van der Waals surface area (Å²) in [6.45, 7) is 2.07. The fourth-order valence-corrected chi connectivity index (χ4v) is 4.44. The third-order valence-corrected chi connectivity index (χ3v) is 5.93. The summed E-state index contributed by atoms with van der Waals surface area (Å²) in [5, 5.41) is 7.79. The van der Waals surface area contributed by atoms with Crippen LogP contribution in [-0.4, -0.2) is 27.7 Å². The first-order valence-electron chi connectivity index (χ1n) is 9.78. The second-order valence-electron chi connectivity index (χ2n) is 7.61. The van der Waals surface area contributed by atoms with E-state index >= 15 is 0 Å². The number of allylic oxidation sites excluding steroid dienone is 2. The first kappa shape index (κ1) is 17.7. The average Bonchev–Trinajstić information content (AvgIpc) is 3.21. The highest BCUT2D eigenvalue weighted by atomic mass is 16.5. The lowest BCUT2D eigenvalue weighted by atomic mass is 9.77. The smallest absolute Gasteiger partial charge is 0.226 e. The normalized spacial score (nSPS) is 20.7. The summed E-state index contributed by atoms with van der Waals surface area (Å²) in [5.74, 6) is 1.79. The van der Waals surface area contributed by atoms with Crippen LogP contribution in [0.1, 0.15) is 41.5 Å².